The highest BCUT2D eigenvalue weighted by Crippen LogP contribution is 2.27. The van der Waals surface area contributed by atoms with Crippen LogP contribution in [-0.2, 0) is 23.0 Å². The Balaban J connectivity index is 1.38. The molecule has 34 heavy (non-hydrogen) atoms. The van der Waals surface area contributed by atoms with Gasteiger partial charge in [-0.15, -0.1) is 0 Å². The standard InChI is InChI=1S/C26H22N2O5S/c1-17-6-10-21(11-7-17)34(31,32)28-13-12-18-8-9-20(14-19(18)16-28)27-26(30)25-15-23(29)22-4-2-3-5-24(22)33-25/h2-11,14-15H,12-13,16H2,1H3,(H,27,30). The van der Waals surface area contributed by atoms with Gasteiger partial charge >= 0.3 is 0 Å². The molecule has 3 aromatic carbocycles. The zero-order valence-electron chi connectivity index (χ0n) is 18.4. The summed E-state index contributed by atoms with van der Waals surface area (Å²) in [6.45, 7) is 2.50. The minimum Gasteiger partial charge on any atom is -0.451 e. The van der Waals surface area contributed by atoms with Gasteiger partial charge in [0.05, 0.1) is 10.3 Å². The minimum atomic E-state index is -3.63. The van der Waals surface area contributed by atoms with E-state index in [0.29, 0.717) is 29.6 Å². The molecule has 0 aliphatic carbocycles. The molecule has 1 aliphatic rings. The van der Waals surface area contributed by atoms with Crippen molar-refractivity contribution in [1.29, 1.82) is 0 Å². The van der Waals surface area contributed by atoms with E-state index in [0.717, 1.165) is 16.7 Å². The van der Waals surface area contributed by atoms with Crippen LogP contribution in [0, 0.1) is 6.92 Å². The number of fused-ring (bicyclic) bond motifs is 2. The normalized spacial score (nSPS) is 14.0. The summed E-state index contributed by atoms with van der Waals surface area (Å²) in [5.74, 6) is -0.646. The van der Waals surface area contributed by atoms with Crippen LogP contribution in [0.3, 0.4) is 0 Å². The summed E-state index contributed by atoms with van der Waals surface area (Å²) in [7, 11) is -3.63. The third kappa shape index (κ3) is 4.13. The van der Waals surface area contributed by atoms with Crippen LogP contribution < -0.4 is 10.7 Å². The predicted octanol–water partition coefficient (Wildman–Crippen LogP) is 4.10. The third-order valence-corrected chi connectivity index (χ3v) is 7.82. The fraction of sp³-hybridized carbons (Fsp3) is 0.154. The quantitative estimate of drug-likeness (QED) is 0.480. The highest BCUT2D eigenvalue weighted by molar-refractivity contribution is 7.89. The lowest BCUT2D eigenvalue weighted by atomic mass is 10.0. The van der Waals surface area contributed by atoms with Gasteiger partial charge in [-0.2, -0.15) is 4.31 Å². The molecular formula is C26H22N2O5S. The Morgan fingerprint density at radius 1 is 0.971 bits per heavy atom. The highest BCUT2D eigenvalue weighted by Gasteiger charge is 2.28. The molecular weight excluding hydrogens is 452 g/mol. The molecule has 0 spiro atoms. The van der Waals surface area contributed by atoms with E-state index in [4.69, 9.17) is 4.42 Å². The number of nitrogens with zero attached hydrogens (tertiary/aromatic N) is 1. The molecule has 0 radical (unpaired) electrons. The molecule has 1 aliphatic heterocycles. The summed E-state index contributed by atoms with van der Waals surface area (Å²) in [5.41, 5.74) is 3.38. The smallest absolute Gasteiger partial charge is 0.291 e. The number of para-hydroxylation sites is 1. The molecule has 8 heteroatoms. The molecule has 4 aromatic rings. The summed E-state index contributed by atoms with van der Waals surface area (Å²) in [6, 6.07) is 20.1. The SMILES string of the molecule is Cc1ccc(S(=O)(=O)N2CCc3ccc(NC(=O)c4cc(=O)c5ccccc5o4)cc3C2)cc1. The van der Waals surface area contributed by atoms with Gasteiger partial charge in [-0.05, 0) is 60.9 Å². The number of nitrogens with one attached hydrogen (secondary N) is 1. The summed E-state index contributed by atoms with van der Waals surface area (Å²) in [4.78, 5) is 25.3. The van der Waals surface area contributed by atoms with Gasteiger partial charge < -0.3 is 9.73 Å². The van der Waals surface area contributed by atoms with Crippen molar-refractivity contribution in [2.45, 2.75) is 24.8 Å². The van der Waals surface area contributed by atoms with Gasteiger partial charge in [0.25, 0.3) is 5.91 Å². The number of benzene rings is 3. The zero-order chi connectivity index (χ0) is 23.9. The molecule has 5 rings (SSSR count). The lowest BCUT2D eigenvalue weighted by molar-refractivity contribution is 0.0997. The maximum Gasteiger partial charge on any atom is 0.291 e. The van der Waals surface area contributed by atoms with Crippen LogP contribution >= 0.6 is 0 Å². The van der Waals surface area contributed by atoms with E-state index >= 15 is 0 Å². The van der Waals surface area contributed by atoms with E-state index in [9.17, 15) is 18.0 Å². The molecule has 0 unspecified atom stereocenters. The van der Waals surface area contributed by atoms with E-state index in [2.05, 4.69) is 5.32 Å². The van der Waals surface area contributed by atoms with E-state index in [1.165, 1.54) is 10.4 Å². The van der Waals surface area contributed by atoms with Crippen molar-refractivity contribution in [1.82, 2.24) is 4.31 Å². The molecule has 0 fully saturated rings. The van der Waals surface area contributed by atoms with Crippen LogP contribution in [0.1, 0.15) is 27.2 Å². The third-order valence-electron chi connectivity index (χ3n) is 5.96. The molecule has 0 saturated carbocycles. The second-order valence-corrected chi connectivity index (χ2v) is 10.2. The van der Waals surface area contributed by atoms with Crippen molar-refractivity contribution in [3.63, 3.8) is 0 Å². The molecule has 172 valence electrons. The molecule has 0 atom stereocenters. The van der Waals surface area contributed by atoms with Crippen molar-refractivity contribution in [3.8, 4) is 0 Å². The number of carbonyl (C=O) groups excluding carboxylic acids is 1. The first-order chi connectivity index (χ1) is 16.3. The summed E-state index contributed by atoms with van der Waals surface area (Å²) < 4.78 is 33.3. The molecule has 0 bridgehead atoms. The molecule has 1 aromatic heterocycles. The maximum absolute atomic E-state index is 13.1. The summed E-state index contributed by atoms with van der Waals surface area (Å²) in [5, 5.41) is 3.16. The predicted molar refractivity (Wildman–Crippen MR) is 129 cm³/mol. The lowest BCUT2D eigenvalue weighted by Gasteiger charge is -2.28. The second-order valence-electron chi connectivity index (χ2n) is 8.31. The minimum absolute atomic E-state index is 0.0926. The fourth-order valence-electron chi connectivity index (χ4n) is 4.08. The van der Waals surface area contributed by atoms with E-state index in [1.807, 2.05) is 13.0 Å². The Morgan fingerprint density at radius 3 is 2.53 bits per heavy atom. The number of aryl methyl sites for hydroxylation is 1. The topological polar surface area (TPSA) is 96.7 Å². The van der Waals surface area contributed by atoms with Crippen LogP contribution in [0.2, 0.25) is 0 Å². The Labute approximate surface area is 196 Å². The van der Waals surface area contributed by atoms with Crippen LogP contribution in [0.5, 0.6) is 0 Å². The number of carbonyl (C=O) groups is 1. The number of hydrogen-bond donors (Lipinski definition) is 1. The van der Waals surface area contributed by atoms with Crippen molar-refractivity contribution in [2.75, 3.05) is 11.9 Å². The Morgan fingerprint density at radius 2 is 1.74 bits per heavy atom. The first kappa shape index (κ1) is 22.1. The van der Waals surface area contributed by atoms with Crippen LogP contribution in [0.4, 0.5) is 5.69 Å². The number of amides is 1. The average molecular weight is 475 g/mol. The van der Waals surface area contributed by atoms with Gasteiger partial charge in [-0.1, -0.05) is 35.9 Å². The number of hydrogen-bond acceptors (Lipinski definition) is 5. The Kier molecular flexibility index (Phi) is 5.55. The molecule has 1 N–H and O–H groups in total. The number of sulfonamides is 1. The zero-order valence-corrected chi connectivity index (χ0v) is 19.3. The second kappa shape index (κ2) is 8.55. The van der Waals surface area contributed by atoms with Crippen molar-refractivity contribution in [2.24, 2.45) is 0 Å². The molecule has 0 saturated heterocycles. The molecule has 7 nitrogen and oxygen atoms in total. The van der Waals surface area contributed by atoms with Crippen LogP contribution in [0.25, 0.3) is 11.0 Å². The maximum atomic E-state index is 13.1. The summed E-state index contributed by atoms with van der Waals surface area (Å²) >= 11 is 0. The first-order valence-electron chi connectivity index (χ1n) is 10.8. The Bertz CT molecular complexity index is 1570. The van der Waals surface area contributed by atoms with Gasteiger partial charge in [0.15, 0.2) is 11.2 Å². The monoisotopic (exact) mass is 474 g/mol. The van der Waals surface area contributed by atoms with Gasteiger partial charge in [-0.25, -0.2) is 8.42 Å². The van der Waals surface area contributed by atoms with E-state index < -0.39 is 15.9 Å². The van der Waals surface area contributed by atoms with Gasteiger partial charge in [0.1, 0.15) is 5.58 Å². The van der Waals surface area contributed by atoms with Gasteiger partial charge in [0.2, 0.25) is 10.0 Å². The lowest BCUT2D eigenvalue weighted by Crippen LogP contribution is -2.36. The molecule has 1 amide bonds. The number of rotatable bonds is 4. The van der Waals surface area contributed by atoms with Gasteiger partial charge in [0, 0.05) is 24.8 Å². The molecule has 2 heterocycles. The first-order valence-corrected chi connectivity index (χ1v) is 12.3. The van der Waals surface area contributed by atoms with Crippen molar-refractivity contribution in [3.05, 3.63) is 105 Å². The summed E-state index contributed by atoms with van der Waals surface area (Å²) in [6.07, 6.45) is 0.578. The van der Waals surface area contributed by atoms with E-state index in [-0.39, 0.29) is 22.6 Å². The highest BCUT2D eigenvalue weighted by atomic mass is 32.2. The van der Waals surface area contributed by atoms with Gasteiger partial charge in [-0.3, -0.25) is 9.59 Å². The number of anilines is 1. The van der Waals surface area contributed by atoms with Crippen molar-refractivity contribution >= 4 is 32.6 Å². The van der Waals surface area contributed by atoms with Crippen molar-refractivity contribution < 1.29 is 17.6 Å². The largest absolute Gasteiger partial charge is 0.451 e. The average Bonchev–Trinajstić information content (AvgIpc) is 2.84. The van der Waals surface area contributed by atoms with Crippen LogP contribution in [-0.4, -0.2) is 25.2 Å². The fourth-order valence-corrected chi connectivity index (χ4v) is 5.50. The van der Waals surface area contributed by atoms with Crippen LogP contribution in [0.15, 0.2) is 86.9 Å². The Hall–Kier alpha value is -3.75. The van der Waals surface area contributed by atoms with E-state index in [1.54, 1.807) is 60.7 Å².